The van der Waals surface area contributed by atoms with Gasteiger partial charge in [-0.2, -0.15) is 0 Å². The van der Waals surface area contributed by atoms with E-state index in [1.807, 2.05) is 0 Å². The van der Waals surface area contributed by atoms with Crippen molar-refractivity contribution in [3.05, 3.63) is 29.6 Å². The number of ether oxygens (including phenoxy) is 1. The molecule has 0 saturated heterocycles. The molecule has 0 unspecified atom stereocenters. The van der Waals surface area contributed by atoms with E-state index in [1.165, 1.54) is 19.2 Å². The molecule has 1 aromatic carbocycles. The number of carbonyl (C=O) groups excluding carboxylic acids is 1. The van der Waals surface area contributed by atoms with Crippen molar-refractivity contribution in [1.82, 2.24) is 5.32 Å². The van der Waals surface area contributed by atoms with E-state index < -0.39 is 23.1 Å². The highest BCUT2D eigenvalue weighted by molar-refractivity contribution is 5.94. The van der Waals surface area contributed by atoms with Crippen LogP contribution in [-0.2, 0) is 4.79 Å². The third-order valence-electron chi connectivity index (χ3n) is 4.27. The van der Waals surface area contributed by atoms with Crippen LogP contribution in [-0.4, -0.2) is 30.6 Å². The average Bonchev–Trinajstić information content (AvgIpc) is 2.53. The minimum absolute atomic E-state index is 0.0610. The predicted molar refractivity (Wildman–Crippen MR) is 78.4 cm³/mol. The minimum atomic E-state index is -0.904. The van der Waals surface area contributed by atoms with Gasteiger partial charge in [0.25, 0.3) is 5.91 Å². The Morgan fingerprint density at radius 1 is 1.32 bits per heavy atom. The van der Waals surface area contributed by atoms with Crippen LogP contribution in [0, 0.1) is 11.2 Å². The Hall–Kier alpha value is -2.11. The highest BCUT2D eigenvalue weighted by Gasteiger charge is 2.39. The fourth-order valence-electron chi connectivity index (χ4n) is 2.85. The number of rotatable bonds is 5. The maximum absolute atomic E-state index is 13.6. The molecule has 2 N–H and O–H groups in total. The summed E-state index contributed by atoms with van der Waals surface area (Å²) in [6, 6.07) is 3.91. The van der Waals surface area contributed by atoms with Gasteiger partial charge in [-0.1, -0.05) is 19.3 Å². The molecule has 2 rings (SSSR count). The van der Waals surface area contributed by atoms with Gasteiger partial charge in [-0.05, 0) is 31.0 Å². The van der Waals surface area contributed by atoms with Crippen LogP contribution in [0.3, 0.4) is 0 Å². The van der Waals surface area contributed by atoms with Crippen molar-refractivity contribution >= 4 is 11.9 Å². The number of hydrogen-bond acceptors (Lipinski definition) is 3. The third kappa shape index (κ3) is 3.37. The van der Waals surface area contributed by atoms with Gasteiger partial charge in [-0.3, -0.25) is 9.59 Å². The molecule has 0 atom stereocenters. The first-order valence-corrected chi connectivity index (χ1v) is 7.34. The van der Waals surface area contributed by atoms with E-state index in [-0.39, 0.29) is 17.9 Å². The first-order chi connectivity index (χ1) is 10.5. The Balaban J connectivity index is 2.05. The molecule has 1 amide bonds. The number of hydrogen-bond donors (Lipinski definition) is 2. The Morgan fingerprint density at radius 3 is 2.55 bits per heavy atom. The molecule has 1 aromatic rings. The van der Waals surface area contributed by atoms with Crippen LogP contribution in [0.5, 0.6) is 5.75 Å². The van der Waals surface area contributed by atoms with E-state index in [2.05, 4.69) is 5.32 Å². The second kappa shape index (κ2) is 6.77. The lowest BCUT2D eigenvalue weighted by molar-refractivity contribution is -0.150. The molecule has 1 saturated carbocycles. The summed E-state index contributed by atoms with van der Waals surface area (Å²) in [5.74, 6) is -1.92. The minimum Gasteiger partial charge on any atom is -0.494 e. The maximum Gasteiger partial charge on any atom is 0.311 e. The number of halogens is 1. The lowest BCUT2D eigenvalue weighted by atomic mass is 9.74. The van der Waals surface area contributed by atoms with Gasteiger partial charge in [0.2, 0.25) is 0 Å². The first-order valence-electron chi connectivity index (χ1n) is 7.34. The van der Waals surface area contributed by atoms with Crippen LogP contribution >= 0.6 is 0 Å². The van der Waals surface area contributed by atoms with E-state index in [0.717, 1.165) is 25.3 Å². The molecular formula is C16H20FNO4. The van der Waals surface area contributed by atoms with Crippen LogP contribution in [0.4, 0.5) is 4.39 Å². The lowest BCUT2D eigenvalue weighted by Gasteiger charge is -2.33. The van der Waals surface area contributed by atoms with Gasteiger partial charge >= 0.3 is 5.97 Å². The second-order valence-corrected chi connectivity index (χ2v) is 5.68. The Kier molecular flexibility index (Phi) is 5.00. The topological polar surface area (TPSA) is 75.6 Å². The summed E-state index contributed by atoms with van der Waals surface area (Å²) in [5.41, 5.74) is -0.756. The van der Waals surface area contributed by atoms with Crippen molar-refractivity contribution in [3.8, 4) is 5.75 Å². The van der Waals surface area contributed by atoms with Gasteiger partial charge in [0.1, 0.15) is 0 Å². The lowest BCUT2D eigenvalue weighted by Crippen LogP contribution is -2.44. The van der Waals surface area contributed by atoms with E-state index in [4.69, 9.17) is 4.74 Å². The molecule has 0 radical (unpaired) electrons. The van der Waals surface area contributed by atoms with E-state index in [9.17, 15) is 19.1 Å². The predicted octanol–water partition coefficient (Wildman–Crippen LogP) is 2.60. The summed E-state index contributed by atoms with van der Waals surface area (Å²) in [7, 11) is 1.35. The van der Waals surface area contributed by atoms with Crippen LogP contribution in [0.25, 0.3) is 0 Å². The highest BCUT2D eigenvalue weighted by atomic mass is 19.1. The Bertz CT molecular complexity index is 567. The van der Waals surface area contributed by atoms with Gasteiger partial charge in [0.05, 0.1) is 12.5 Å². The summed E-state index contributed by atoms with van der Waals surface area (Å²) < 4.78 is 18.4. The van der Waals surface area contributed by atoms with Gasteiger partial charge in [0.15, 0.2) is 11.6 Å². The quantitative estimate of drug-likeness (QED) is 0.876. The van der Waals surface area contributed by atoms with Gasteiger partial charge in [-0.25, -0.2) is 4.39 Å². The number of carboxylic acid groups (broad SMARTS) is 1. The standard InChI is InChI=1S/C16H20FNO4/c1-22-13-6-5-11(9-12(13)17)14(19)18-10-16(15(20)21)7-3-2-4-8-16/h5-6,9H,2-4,7-8,10H2,1H3,(H,18,19)(H,20,21). The molecule has 22 heavy (non-hydrogen) atoms. The zero-order chi connectivity index (χ0) is 16.2. The van der Waals surface area contributed by atoms with E-state index >= 15 is 0 Å². The van der Waals surface area contributed by atoms with Crippen molar-refractivity contribution in [1.29, 1.82) is 0 Å². The summed E-state index contributed by atoms with van der Waals surface area (Å²) >= 11 is 0. The fraction of sp³-hybridized carbons (Fsp3) is 0.500. The normalized spacial score (nSPS) is 16.8. The van der Waals surface area contributed by atoms with Crippen molar-refractivity contribution < 1.29 is 23.8 Å². The van der Waals surface area contributed by atoms with Crippen LogP contribution in [0.15, 0.2) is 18.2 Å². The molecule has 1 aliphatic rings. The number of carboxylic acids is 1. The molecule has 0 spiro atoms. The van der Waals surface area contributed by atoms with Gasteiger partial charge < -0.3 is 15.2 Å². The highest BCUT2D eigenvalue weighted by Crippen LogP contribution is 2.36. The number of amides is 1. The second-order valence-electron chi connectivity index (χ2n) is 5.68. The zero-order valence-corrected chi connectivity index (χ0v) is 12.5. The third-order valence-corrected chi connectivity index (χ3v) is 4.27. The summed E-state index contributed by atoms with van der Waals surface area (Å²) in [5, 5.41) is 12.1. The van der Waals surface area contributed by atoms with Crippen molar-refractivity contribution in [2.75, 3.05) is 13.7 Å². The number of aliphatic carboxylic acids is 1. The molecule has 1 fully saturated rings. The molecule has 5 nitrogen and oxygen atoms in total. The van der Waals surface area contributed by atoms with Gasteiger partial charge in [-0.15, -0.1) is 0 Å². The Morgan fingerprint density at radius 2 is 2.00 bits per heavy atom. The smallest absolute Gasteiger partial charge is 0.311 e. The number of benzene rings is 1. The van der Waals surface area contributed by atoms with Crippen LogP contribution in [0.1, 0.15) is 42.5 Å². The summed E-state index contributed by atoms with van der Waals surface area (Å²) in [6.45, 7) is 0.0643. The van der Waals surface area contributed by atoms with Crippen molar-refractivity contribution in [2.24, 2.45) is 5.41 Å². The molecule has 6 heteroatoms. The molecule has 0 aliphatic heterocycles. The molecule has 0 heterocycles. The van der Waals surface area contributed by atoms with Crippen molar-refractivity contribution in [2.45, 2.75) is 32.1 Å². The monoisotopic (exact) mass is 309 g/mol. The largest absolute Gasteiger partial charge is 0.494 e. The molecular weight excluding hydrogens is 289 g/mol. The fourth-order valence-corrected chi connectivity index (χ4v) is 2.85. The molecule has 0 aromatic heterocycles. The van der Waals surface area contributed by atoms with E-state index in [0.29, 0.717) is 12.8 Å². The molecule has 0 bridgehead atoms. The van der Waals surface area contributed by atoms with Gasteiger partial charge in [0, 0.05) is 12.1 Å². The van der Waals surface area contributed by atoms with Crippen molar-refractivity contribution in [3.63, 3.8) is 0 Å². The summed E-state index contributed by atoms with van der Waals surface area (Å²) in [6.07, 6.45) is 3.82. The zero-order valence-electron chi connectivity index (χ0n) is 12.5. The SMILES string of the molecule is COc1ccc(C(=O)NCC2(C(=O)O)CCCCC2)cc1F. The maximum atomic E-state index is 13.6. The first kappa shape index (κ1) is 16.3. The van der Waals surface area contributed by atoms with Crippen LogP contribution in [0.2, 0.25) is 0 Å². The molecule has 120 valence electrons. The number of nitrogens with one attached hydrogen (secondary N) is 1. The summed E-state index contributed by atoms with van der Waals surface area (Å²) in [4.78, 5) is 23.6. The van der Waals surface area contributed by atoms with E-state index in [1.54, 1.807) is 0 Å². The van der Waals surface area contributed by atoms with Crippen LogP contribution < -0.4 is 10.1 Å². The molecule has 1 aliphatic carbocycles. The number of carbonyl (C=O) groups is 2. The number of methoxy groups -OCH3 is 1. The Labute approximate surface area is 128 Å². The average molecular weight is 309 g/mol.